The van der Waals surface area contributed by atoms with Crippen molar-refractivity contribution in [1.29, 1.82) is 0 Å². The molecule has 5 rings (SSSR count). The standard InChI is InChI=1S/C29H29FO4/c1-33-23-12-13-26(30)25(16-23)19-5-7-20(8-6-19)27-14-11-21-9-10-22(15-28(21)34-27)24(17-29(31)32)18-3-2-4-18/h5-10,12-13,15-16,18,24,27H,2-4,11,14,17H2,1H3,(H,31,32)/t24?,27-/m1/s1. The Labute approximate surface area is 199 Å². The minimum atomic E-state index is -0.749. The zero-order chi connectivity index (χ0) is 23.7. The topological polar surface area (TPSA) is 55.8 Å². The zero-order valence-electron chi connectivity index (χ0n) is 19.3. The lowest BCUT2D eigenvalue weighted by atomic mass is 9.71. The summed E-state index contributed by atoms with van der Waals surface area (Å²) in [5, 5.41) is 9.43. The molecule has 0 radical (unpaired) electrons. The Hall–Kier alpha value is -3.34. The van der Waals surface area contributed by atoms with Gasteiger partial charge in [0.25, 0.3) is 0 Å². The van der Waals surface area contributed by atoms with Crippen LogP contribution in [0, 0.1) is 11.7 Å². The van der Waals surface area contributed by atoms with E-state index >= 15 is 0 Å². The average Bonchev–Trinajstić information content (AvgIpc) is 2.82. The van der Waals surface area contributed by atoms with Gasteiger partial charge in [0.2, 0.25) is 0 Å². The van der Waals surface area contributed by atoms with E-state index in [-0.39, 0.29) is 24.3 Å². The lowest BCUT2D eigenvalue weighted by Gasteiger charge is -2.34. The molecule has 1 unspecified atom stereocenters. The van der Waals surface area contributed by atoms with E-state index in [1.807, 2.05) is 24.3 Å². The second-order valence-corrected chi connectivity index (χ2v) is 9.38. The Bertz CT molecular complexity index is 1180. The van der Waals surface area contributed by atoms with Crippen molar-refractivity contribution >= 4 is 5.97 Å². The molecule has 2 atom stereocenters. The summed E-state index contributed by atoms with van der Waals surface area (Å²) in [4.78, 5) is 11.5. The van der Waals surface area contributed by atoms with Crippen molar-refractivity contribution in [1.82, 2.24) is 0 Å². The first-order valence-corrected chi connectivity index (χ1v) is 12.0. The highest BCUT2D eigenvalue weighted by Crippen LogP contribution is 2.44. The van der Waals surface area contributed by atoms with E-state index in [4.69, 9.17) is 9.47 Å². The minimum Gasteiger partial charge on any atom is -0.497 e. The number of carboxylic acids is 1. The lowest BCUT2D eigenvalue weighted by molar-refractivity contribution is -0.138. The van der Waals surface area contributed by atoms with Gasteiger partial charge in [-0.05, 0) is 84.0 Å². The number of benzene rings is 3. The molecule has 1 aliphatic carbocycles. The first-order chi connectivity index (χ1) is 16.5. The van der Waals surface area contributed by atoms with Gasteiger partial charge in [0.1, 0.15) is 23.4 Å². The van der Waals surface area contributed by atoms with Crippen molar-refractivity contribution in [2.75, 3.05) is 7.11 Å². The minimum absolute atomic E-state index is 0.0394. The van der Waals surface area contributed by atoms with Gasteiger partial charge in [-0.3, -0.25) is 4.79 Å². The molecule has 1 saturated carbocycles. The van der Waals surface area contributed by atoms with Crippen LogP contribution in [-0.4, -0.2) is 18.2 Å². The molecule has 176 valence electrons. The molecule has 5 heteroatoms. The lowest BCUT2D eigenvalue weighted by Crippen LogP contribution is -2.23. The van der Waals surface area contributed by atoms with Crippen molar-refractivity contribution in [3.05, 3.63) is 83.2 Å². The highest BCUT2D eigenvalue weighted by Gasteiger charge is 2.31. The number of methoxy groups -OCH3 is 1. The molecule has 0 amide bonds. The molecule has 1 heterocycles. The molecule has 3 aromatic rings. The molecule has 1 aliphatic heterocycles. The third kappa shape index (κ3) is 4.52. The Kier molecular flexibility index (Phi) is 6.27. The number of carboxylic acid groups (broad SMARTS) is 1. The fraction of sp³-hybridized carbons (Fsp3) is 0.345. The van der Waals surface area contributed by atoms with Gasteiger partial charge in [-0.25, -0.2) is 4.39 Å². The summed E-state index contributed by atoms with van der Waals surface area (Å²) in [5.74, 6) is 0.918. The number of aliphatic carboxylic acids is 1. The summed E-state index contributed by atoms with van der Waals surface area (Å²) >= 11 is 0. The number of hydrogen-bond donors (Lipinski definition) is 1. The van der Waals surface area contributed by atoms with Crippen molar-refractivity contribution in [2.24, 2.45) is 5.92 Å². The predicted molar refractivity (Wildman–Crippen MR) is 129 cm³/mol. The summed E-state index contributed by atoms with van der Waals surface area (Å²) in [6.07, 6.45) is 5.21. The van der Waals surface area contributed by atoms with E-state index in [9.17, 15) is 14.3 Å². The quantitative estimate of drug-likeness (QED) is 0.416. The van der Waals surface area contributed by atoms with Gasteiger partial charge in [-0.1, -0.05) is 42.8 Å². The molecule has 1 fully saturated rings. The van der Waals surface area contributed by atoms with Gasteiger partial charge in [0.15, 0.2) is 0 Å². The molecule has 0 aromatic heterocycles. The van der Waals surface area contributed by atoms with E-state index in [1.54, 1.807) is 19.2 Å². The van der Waals surface area contributed by atoms with Crippen LogP contribution in [0.2, 0.25) is 0 Å². The number of halogens is 1. The van der Waals surface area contributed by atoms with E-state index in [0.717, 1.165) is 53.7 Å². The molecule has 1 N–H and O–H groups in total. The first-order valence-electron chi connectivity index (χ1n) is 12.0. The summed E-state index contributed by atoms with van der Waals surface area (Å²) in [6.45, 7) is 0. The Morgan fingerprint density at radius 3 is 2.56 bits per heavy atom. The fourth-order valence-electron chi connectivity index (χ4n) is 5.17. The van der Waals surface area contributed by atoms with E-state index in [2.05, 4.69) is 18.2 Å². The summed E-state index contributed by atoms with van der Waals surface area (Å²) in [7, 11) is 1.57. The smallest absolute Gasteiger partial charge is 0.303 e. The molecule has 34 heavy (non-hydrogen) atoms. The van der Waals surface area contributed by atoms with Gasteiger partial charge >= 0.3 is 5.97 Å². The molecule has 0 saturated heterocycles. The summed E-state index contributed by atoms with van der Waals surface area (Å²) in [6, 6.07) is 18.8. The van der Waals surface area contributed by atoms with Crippen LogP contribution in [0.1, 0.15) is 60.8 Å². The maximum atomic E-state index is 14.4. The largest absolute Gasteiger partial charge is 0.497 e. The molecule has 4 nitrogen and oxygen atoms in total. The van der Waals surface area contributed by atoms with Crippen LogP contribution in [0.25, 0.3) is 11.1 Å². The SMILES string of the molecule is COc1ccc(F)c(-c2ccc([C@H]3CCc4ccc(C(CC(=O)O)C5CCC5)cc4O3)cc2)c1. The Morgan fingerprint density at radius 1 is 1.09 bits per heavy atom. The number of fused-ring (bicyclic) bond motifs is 1. The maximum absolute atomic E-state index is 14.4. The molecule has 3 aromatic carbocycles. The van der Waals surface area contributed by atoms with E-state index in [1.165, 1.54) is 12.5 Å². The van der Waals surface area contributed by atoms with Crippen LogP contribution >= 0.6 is 0 Å². The van der Waals surface area contributed by atoms with Crippen LogP contribution in [0.5, 0.6) is 11.5 Å². The van der Waals surface area contributed by atoms with Crippen LogP contribution < -0.4 is 9.47 Å². The highest BCUT2D eigenvalue weighted by atomic mass is 19.1. The predicted octanol–water partition coefficient (Wildman–Crippen LogP) is 6.93. The van der Waals surface area contributed by atoms with Crippen LogP contribution in [0.3, 0.4) is 0 Å². The number of rotatable bonds is 7. The van der Waals surface area contributed by atoms with Crippen molar-refractivity contribution in [3.63, 3.8) is 0 Å². The molecular formula is C29H29FO4. The van der Waals surface area contributed by atoms with Crippen LogP contribution in [0.15, 0.2) is 60.7 Å². The van der Waals surface area contributed by atoms with Crippen molar-refractivity contribution < 1.29 is 23.8 Å². The van der Waals surface area contributed by atoms with Gasteiger partial charge in [0, 0.05) is 5.56 Å². The van der Waals surface area contributed by atoms with Gasteiger partial charge in [-0.2, -0.15) is 0 Å². The number of ether oxygens (including phenoxy) is 2. The maximum Gasteiger partial charge on any atom is 0.303 e. The van der Waals surface area contributed by atoms with E-state index in [0.29, 0.717) is 17.2 Å². The van der Waals surface area contributed by atoms with Crippen LogP contribution in [0.4, 0.5) is 4.39 Å². The van der Waals surface area contributed by atoms with Crippen molar-refractivity contribution in [3.8, 4) is 22.6 Å². The summed E-state index contributed by atoms with van der Waals surface area (Å²) in [5.41, 5.74) is 4.57. The molecular weight excluding hydrogens is 431 g/mol. The van der Waals surface area contributed by atoms with E-state index < -0.39 is 5.97 Å². The Morgan fingerprint density at radius 2 is 1.88 bits per heavy atom. The van der Waals surface area contributed by atoms with Gasteiger partial charge < -0.3 is 14.6 Å². The van der Waals surface area contributed by atoms with Gasteiger partial charge in [0.05, 0.1) is 13.5 Å². The van der Waals surface area contributed by atoms with Crippen molar-refractivity contribution in [2.45, 2.75) is 50.5 Å². The molecule has 2 aliphatic rings. The third-order valence-corrected chi connectivity index (χ3v) is 7.34. The fourth-order valence-corrected chi connectivity index (χ4v) is 5.17. The second kappa shape index (κ2) is 9.49. The normalized spacial score (nSPS) is 18.4. The number of aryl methyl sites for hydroxylation is 1. The van der Waals surface area contributed by atoms with Gasteiger partial charge in [-0.15, -0.1) is 0 Å². The Balaban J connectivity index is 1.36. The summed E-state index contributed by atoms with van der Waals surface area (Å²) < 4.78 is 26.0. The second-order valence-electron chi connectivity index (χ2n) is 9.38. The van der Waals surface area contributed by atoms with Crippen LogP contribution in [-0.2, 0) is 11.2 Å². The highest BCUT2D eigenvalue weighted by molar-refractivity contribution is 5.68. The molecule has 0 spiro atoms. The first kappa shape index (κ1) is 22.5. The number of carbonyl (C=O) groups is 1. The average molecular weight is 461 g/mol. The number of hydrogen-bond acceptors (Lipinski definition) is 3. The zero-order valence-corrected chi connectivity index (χ0v) is 19.3. The molecule has 0 bridgehead atoms. The monoisotopic (exact) mass is 460 g/mol. The third-order valence-electron chi connectivity index (χ3n) is 7.34.